The largest absolute Gasteiger partial charge is 0.379 e. The van der Waals surface area contributed by atoms with Crippen molar-refractivity contribution in [2.75, 3.05) is 406 Å². The summed E-state index contributed by atoms with van der Waals surface area (Å²) in [4.78, 5) is 42.7. The SMILES string of the molecule is CCN(C)CCN(C)CCSCc1ccccc1.CCN(C)CCN(C)CCSc1ccccc1.CN(C)CCN(C)CCSc1ccccc1.CN(CCSCc1ccccc1)CCN1CCCC1.CN(CCSCc1ccccc1)CCN1CCOCC1.CN(CCSc1ccccc1)CCN1CCOCC1.CSCCN(C)CCN(C)C.CSCCN(C)CCN1CCCC1. The van der Waals surface area contributed by atoms with Crippen LogP contribution in [-0.4, -0.2) is 485 Å². The molecule has 0 aliphatic carbocycles. The third-order valence-corrected chi connectivity index (χ3v) is 30.6. The third kappa shape index (κ3) is 75.9. The molecule has 0 N–H and O–H groups in total. The first kappa shape index (κ1) is 125. The van der Waals surface area contributed by atoms with Crippen molar-refractivity contribution >= 4 is 94.1 Å². The summed E-state index contributed by atoms with van der Waals surface area (Å²) in [6, 6.07) is 64.0. The Hall–Kier alpha value is -2.60. The number of ether oxygens (including phenoxy) is 2. The summed E-state index contributed by atoms with van der Waals surface area (Å²) < 4.78 is 10.7. The molecule has 18 nitrogen and oxygen atoms in total. The number of nitrogens with zero attached hydrogens (tertiary/aromatic N) is 16. The zero-order valence-electron chi connectivity index (χ0n) is 87.0. The number of likely N-dealkylation sites (N-methyl/N-ethyl adjacent to an activating group) is 12. The van der Waals surface area contributed by atoms with Crippen LogP contribution in [0, 0.1) is 0 Å². The van der Waals surface area contributed by atoms with Crippen LogP contribution in [0.5, 0.6) is 0 Å². The molecular weight excluding hydrogens is 1800 g/mol. The number of hydrogen-bond acceptors (Lipinski definition) is 26. The molecule has 758 valence electrons. The molecular formula is C107H190N16O2S8. The van der Waals surface area contributed by atoms with Gasteiger partial charge in [0, 0.05) is 261 Å². The number of likely N-dealkylation sites (tertiary alicyclic amines) is 2. The van der Waals surface area contributed by atoms with Crippen molar-refractivity contribution in [3.8, 4) is 0 Å². The Morgan fingerprint density at radius 3 is 0.684 bits per heavy atom. The molecule has 0 spiro atoms. The van der Waals surface area contributed by atoms with E-state index in [4.69, 9.17) is 9.47 Å². The molecule has 0 unspecified atom stereocenters. The van der Waals surface area contributed by atoms with Crippen LogP contribution in [0.3, 0.4) is 0 Å². The van der Waals surface area contributed by atoms with Crippen molar-refractivity contribution in [1.29, 1.82) is 0 Å². The molecule has 133 heavy (non-hydrogen) atoms. The maximum atomic E-state index is 5.37. The minimum absolute atomic E-state index is 0.896. The third-order valence-electron chi connectivity index (χ3n) is 23.5. The standard InChI is InChI=1S/C16H26N2OS.C16H26N2S.C15H24N2OS.C15H26N2S.C14H24N2S.C13H22N2S.C10H22N2S.C8H20N2S/c1-17(7-8-18-9-12-19-13-10-18)11-14-20-15-16-5-3-2-4-6-16;1-17(11-12-18-9-5-6-10-18)13-14-19-15-16-7-3-2-4-8-16;1-16(7-8-17-9-12-18-13-10-17)11-14-19-15-5-3-2-4-6-15;1-4-16(2)10-11-17(3)12-13-18-14-15-8-6-5-7-9-15;1-4-15(2)10-11-16(3)12-13-17-14-8-6-5-7-9-14;1-14(2)9-10-15(3)11-12-16-13-7-5-4-6-8-13;1-11(9-10-13-2)7-8-12-5-3-4-6-12;1-9(2)5-6-10(3)7-8-11-4/h2-6H,7-15H2,1H3;2-4,7-8H,5-6,9-15H2,1H3;2-6H,7-14H2,1H3;5-9H,4,10-14H2,1-3H3;5-9H,4,10-13H2,1-3H3;4-8H,9-12H2,1-3H3;3-10H2,1-2H3;5-8H2,1-4H3. The maximum Gasteiger partial charge on any atom is 0.0594 e. The Bertz CT molecular complexity index is 3420. The average Bonchev–Trinajstić information content (AvgIpc) is 1.92. The molecule has 0 radical (unpaired) electrons. The summed E-state index contributed by atoms with van der Waals surface area (Å²) in [6.45, 7) is 48.2. The first-order chi connectivity index (χ1) is 64.6. The van der Waals surface area contributed by atoms with E-state index in [9.17, 15) is 0 Å². The smallest absolute Gasteiger partial charge is 0.0594 e. The van der Waals surface area contributed by atoms with Gasteiger partial charge < -0.3 is 78.1 Å². The summed E-state index contributed by atoms with van der Waals surface area (Å²) >= 11 is 15.7. The van der Waals surface area contributed by atoms with Crippen LogP contribution in [0.15, 0.2) is 197 Å². The van der Waals surface area contributed by atoms with Gasteiger partial charge in [0.15, 0.2) is 0 Å². The van der Waals surface area contributed by atoms with Gasteiger partial charge in [0.2, 0.25) is 0 Å². The van der Waals surface area contributed by atoms with Gasteiger partial charge in [-0.15, -0.1) is 35.3 Å². The Balaban J connectivity index is 0.000000394. The second-order valence-corrected chi connectivity index (χ2v) is 44.7. The van der Waals surface area contributed by atoms with Crippen molar-refractivity contribution in [3.63, 3.8) is 0 Å². The number of rotatable bonds is 59. The summed E-state index contributed by atoms with van der Waals surface area (Å²) in [5.74, 6) is 13.0. The molecule has 0 saturated carbocycles. The van der Waals surface area contributed by atoms with E-state index in [-0.39, 0.29) is 0 Å². The molecule has 4 heterocycles. The van der Waals surface area contributed by atoms with Crippen molar-refractivity contribution in [2.45, 2.75) is 71.5 Å². The van der Waals surface area contributed by atoms with Crippen LogP contribution in [0.4, 0.5) is 0 Å². The molecule has 0 atom stereocenters. The zero-order chi connectivity index (χ0) is 96.5. The van der Waals surface area contributed by atoms with Crippen molar-refractivity contribution in [1.82, 2.24) is 78.4 Å². The highest BCUT2D eigenvalue weighted by Crippen LogP contribution is 2.21. The van der Waals surface area contributed by atoms with E-state index in [0.29, 0.717) is 0 Å². The molecule has 10 rings (SSSR count). The zero-order valence-corrected chi connectivity index (χ0v) is 93.6. The molecule has 0 aromatic heterocycles. The molecule has 6 aromatic rings. The van der Waals surface area contributed by atoms with Gasteiger partial charge in [-0.2, -0.15) is 58.8 Å². The number of thioether (sulfide) groups is 8. The molecule has 4 aliphatic heterocycles. The molecule has 0 amide bonds. The number of benzene rings is 6. The highest BCUT2D eigenvalue weighted by Gasteiger charge is 2.16. The van der Waals surface area contributed by atoms with Crippen LogP contribution < -0.4 is 0 Å². The molecule has 4 saturated heterocycles. The molecule has 0 bridgehead atoms. The predicted octanol–water partition coefficient (Wildman–Crippen LogP) is 17.1. The summed E-state index contributed by atoms with van der Waals surface area (Å²) in [6.07, 6.45) is 9.95. The Morgan fingerprint density at radius 2 is 0.444 bits per heavy atom. The lowest BCUT2D eigenvalue weighted by atomic mass is 10.2. The molecule has 4 fully saturated rings. The first-order valence-corrected chi connectivity index (χ1v) is 58.9. The van der Waals surface area contributed by atoms with Gasteiger partial charge in [-0.1, -0.05) is 159 Å². The van der Waals surface area contributed by atoms with Gasteiger partial charge in [0.1, 0.15) is 0 Å². The van der Waals surface area contributed by atoms with E-state index >= 15 is 0 Å². The van der Waals surface area contributed by atoms with E-state index in [2.05, 4.69) is 385 Å². The summed E-state index contributed by atoms with van der Waals surface area (Å²) in [5, 5.41) is 0. The predicted molar refractivity (Wildman–Crippen MR) is 605 cm³/mol. The van der Waals surface area contributed by atoms with Crippen LogP contribution in [0.25, 0.3) is 0 Å². The highest BCUT2D eigenvalue weighted by molar-refractivity contribution is 8.00. The van der Waals surface area contributed by atoms with Gasteiger partial charge in [-0.3, -0.25) is 9.80 Å². The fraction of sp³-hybridized carbons (Fsp3) is 0.664. The van der Waals surface area contributed by atoms with Crippen molar-refractivity contribution < 1.29 is 9.47 Å². The monoisotopic (exact) mass is 1990 g/mol. The molecule has 26 heteroatoms. The van der Waals surface area contributed by atoms with Crippen molar-refractivity contribution in [2.24, 2.45) is 0 Å². The quantitative estimate of drug-likeness (QED) is 0.0268. The second kappa shape index (κ2) is 87.2. The average molecular weight is 1990 g/mol. The Kier molecular flexibility index (Phi) is 81.7. The van der Waals surface area contributed by atoms with E-state index in [1.807, 2.05) is 94.1 Å². The van der Waals surface area contributed by atoms with E-state index in [0.717, 1.165) is 185 Å². The lowest BCUT2D eigenvalue weighted by Gasteiger charge is -2.28. The van der Waals surface area contributed by atoms with Gasteiger partial charge in [-0.05, 0) is 229 Å². The van der Waals surface area contributed by atoms with Gasteiger partial charge in [-0.25, -0.2) is 0 Å². The van der Waals surface area contributed by atoms with Crippen molar-refractivity contribution in [3.05, 3.63) is 199 Å². The minimum Gasteiger partial charge on any atom is -0.379 e. The number of hydrogen-bond donors (Lipinski definition) is 0. The van der Waals surface area contributed by atoms with Crippen LogP contribution in [0.2, 0.25) is 0 Å². The van der Waals surface area contributed by atoms with E-state index in [1.54, 1.807) is 0 Å². The lowest BCUT2D eigenvalue weighted by molar-refractivity contribution is 0.0347. The van der Waals surface area contributed by atoms with E-state index < -0.39 is 0 Å². The molecule has 6 aromatic carbocycles. The normalized spacial score (nSPS) is 14.4. The second-order valence-electron chi connectivity index (χ2n) is 35.9. The minimum atomic E-state index is 0.896. The summed E-state index contributed by atoms with van der Waals surface area (Å²) in [7, 11) is 30.5. The van der Waals surface area contributed by atoms with Gasteiger partial charge >= 0.3 is 0 Å². The Morgan fingerprint density at radius 1 is 0.233 bits per heavy atom. The fourth-order valence-electron chi connectivity index (χ4n) is 13.5. The fourth-order valence-corrected chi connectivity index (χ4v) is 20.5. The Labute approximate surface area is 851 Å². The van der Waals surface area contributed by atoms with Crippen LogP contribution >= 0.6 is 94.1 Å². The van der Waals surface area contributed by atoms with Gasteiger partial charge in [0.05, 0.1) is 26.4 Å². The first-order valence-electron chi connectivity index (χ1n) is 49.7. The summed E-state index contributed by atoms with van der Waals surface area (Å²) in [5.41, 5.74) is 4.29. The number of morpholine rings is 2. The lowest BCUT2D eigenvalue weighted by Crippen LogP contribution is -2.41. The molecule has 4 aliphatic rings. The van der Waals surface area contributed by atoms with Crippen LogP contribution in [-0.2, 0) is 26.7 Å². The van der Waals surface area contributed by atoms with E-state index in [1.165, 1.54) is 184 Å². The maximum absolute atomic E-state index is 5.37. The topological polar surface area (TPSA) is 70.3 Å². The van der Waals surface area contributed by atoms with Crippen LogP contribution in [0.1, 0.15) is 56.2 Å². The highest BCUT2D eigenvalue weighted by atomic mass is 32.2. The van der Waals surface area contributed by atoms with Gasteiger partial charge in [0.25, 0.3) is 0 Å².